The van der Waals surface area contributed by atoms with Crippen molar-refractivity contribution in [3.8, 4) is 0 Å². The predicted molar refractivity (Wildman–Crippen MR) is 84.0 cm³/mol. The second-order valence-electron chi connectivity index (χ2n) is 4.78. The molecule has 0 aliphatic carbocycles. The van der Waals surface area contributed by atoms with E-state index < -0.39 is 11.8 Å². The Balaban J connectivity index is 2.25. The molecule has 1 N–H and O–H groups in total. The van der Waals surface area contributed by atoms with E-state index in [1.165, 1.54) is 12.1 Å². The minimum Gasteiger partial charge on any atom is -0.478 e. The Morgan fingerprint density at radius 3 is 2.64 bits per heavy atom. The van der Waals surface area contributed by atoms with Crippen molar-refractivity contribution in [3.63, 3.8) is 0 Å². The summed E-state index contributed by atoms with van der Waals surface area (Å²) < 4.78 is 14.1. The SMILES string of the molecule is O=C(O)C1=CCN=C(c2ccccc2F)c2cc(Cl)ccc21. The fraction of sp³-hybridized carbons (Fsp3) is 0.0588. The van der Waals surface area contributed by atoms with Crippen molar-refractivity contribution in [2.75, 3.05) is 6.54 Å². The molecule has 3 rings (SSSR count). The van der Waals surface area contributed by atoms with E-state index in [2.05, 4.69) is 4.99 Å². The van der Waals surface area contributed by atoms with E-state index >= 15 is 0 Å². The zero-order chi connectivity index (χ0) is 15.7. The summed E-state index contributed by atoms with van der Waals surface area (Å²) >= 11 is 6.03. The molecular weight excluding hydrogens is 305 g/mol. The number of carboxylic acids is 1. The second kappa shape index (κ2) is 5.73. The van der Waals surface area contributed by atoms with Crippen LogP contribution in [0.4, 0.5) is 4.39 Å². The van der Waals surface area contributed by atoms with Crippen LogP contribution in [0.25, 0.3) is 5.57 Å². The summed E-state index contributed by atoms with van der Waals surface area (Å²) in [6, 6.07) is 11.1. The van der Waals surface area contributed by atoms with Crippen molar-refractivity contribution in [2.45, 2.75) is 0 Å². The van der Waals surface area contributed by atoms with Gasteiger partial charge in [0.2, 0.25) is 0 Å². The van der Waals surface area contributed by atoms with Gasteiger partial charge >= 0.3 is 5.97 Å². The fourth-order valence-corrected chi connectivity index (χ4v) is 2.63. The number of hydrogen-bond donors (Lipinski definition) is 1. The predicted octanol–water partition coefficient (Wildman–Crippen LogP) is 3.80. The highest BCUT2D eigenvalue weighted by molar-refractivity contribution is 6.32. The molecule has 0 amide bonds. The van der Waals surface area contributed by atoms with Gasteiger partial charge in [-0.25, -0.2) is 9.18 Å². The summed E-state index contributed by atoms with van der Waals surface area (Å²) in [6.07, 6.45) is 1.52. The average Bonchev–Trinajstić information content (AvgIpc) is 2.67. The third kappa shape index (κ3) is 2.53. The molecule has 1 heterocycles. The normalized spacial score (nSPS) is 13.7. The molecule has 0 radical (unpaired) electrons. The molecule has 22 heavy (non-hydrogen) atoms. The lowest BCUT2D eigenvalue weighted by Crippen LogP contribution is -2.10. The molecule has 5 heteroatoms. The number of carboxylic acid groups (broad SMARTS) is 1. The lowest BCUT2D eigenvalue weighted by atomic mass is 9.93. The van der Waals surface area contributed by atoms with Gasteiger partial charge in [-0.15, -0.1) is 0 Å². The summed E-state index contributed by atoms with van der Waals surface area (Å²) in [6.45, 7) is 0.164. The van der Waals surface area contributed by atoms with Crippen molar-refractivity contribution < 1.29 is 14.3 Å². The quantitative estimate of drug-likeness (QED) is 0.916. The first-order chi connectivity index (χ1) is 10.6. The van der Waals surface area contributed by atoms with Crippen molar-refractivity contribution in [1.82, 2.24) is 0 Å². The Morgan fingerprint density at radius 1 is 1.14 bits per heavy atom. The van der Waals surface area contributed by atoms with Crippen LogP contribution in [0.5, 0.6) is 0 Å². The van der Waals surface area contributed by atoms with Crippen molar-refractivity contribution >= 4 is 28.9 Å². The van der Waals surface area contributed by atoms with Gasteiger partial charge in [0.25, 0.3) is 0 Å². The molecule has 0 spiro atoms. The van der Waals surface area contributed by atoms with Crippen LogP contribution in [0.15, 0.2) is 53.5 Å². The minimum absolute atomic E-state index is 0.141. The average molecular weight is 316 g/mol. The Morgan fingerprint density at radius 2 is 1.91 bits per heavy atom. The van der Waals surface area contributed by atoms with E-state index in [0.29, 0.717) is 27.4 Å². The zero-order valence-electron chi connectivity index (χ0n) is 11.4. The first-order valence-electron chi connectivity index (χ1n) is 6.61. The van der Waals surface area contributed by atoms with Crippen molar-refractivity contribution in [3.05, 3.63) is 76.1 Å². The van der Waals surface area contributed by atoms with Crippen LogP contribution in [0.2, 0.25) is 5.02 Å². The van der Waals surface area contributed by atoms with Gasteiger partial charge in [-0.1, -0.05) is 29.8 Å². The summed E-state index contributed by atoms with van der Waals surface area (Å²) in [4.78, 5) is 15.8. The topological polar surface area (TPSA) is 49.7 Å². The molecule has 0 saturated heterocycles. The highest BCUT2D eigenvalue weighted by Gasteiger charge is 2.22. The maximum absolute atomic E-state index is 14.1. The van der Waals surface area contributed by atoms with Crippen LogP contribution in [-0.2, 0) is 4.79 Å². The Bertz CT molecular complexity index is 827. The van der Waals surface area contributed by atoms with Gasteiger partial charge in [-0.05, 0) is 35.9 Å². The van der Waals surface area contributed by atoms with Crippen molar-refractivity contribution in [2.24, 2.45) is 4.99 Å². The number of hydrogen-bond acceptors (Lipinski definition) is 2. The second-order valence-corrected chi connectivity index (χ2v) is 5.22. The molecule has 1 aliphatic heterocycles. The molecular formula is C17H11ClFNO2. The van der Waals surface area contributed by atoms with Crippen LogP contribution >= 0.6 is 11.6 Å². The monoisotopic (exact) mass is 315 g/mol. The molecule has 0 saturated carbocycles. The number of fused-ring (bicyclic) bond motifs is 1. The number of rotatable bonds is 2. The van der Waals surface area contributed by atoms with Gasteiger partial charge in [-0.2, -0.15) is 0 Å². The van der Waals surface area contributed by atoms with Gasteiger partial charge in [0.05, 0.1) is 17.8 Å². The van der Waals surface area contributed by atoms with E-state index in [1.807, 2.05) is 0 Å². The Kier molecular flexibility index (Phi) is 3.77. The number of aliphatic imine (C=N–C) groups is 1. The highest BCUT2D eigenvalue weighted by atomic mass is 35.5. The van der Waals surface area contributed by atoms with Gasteiger partial charge in [0.15, 0.2) is 0 Å². The molecule has 0 atom stereocenters. The first kappa shape index (κ1) is 14.5. The molecule has 110 valence electrons. The molecule has 0 bridgehead atoms. The van der Waals surface area contributed by atoms with Gasteiger partial charge in [0, 0.05) is 16.1 Å². The van der Waals surface area contributed by atoms with Crippen molar-refractivity contribution in [1.29, 1.82) is 0 Å². The molecule has 0 aromatic heterocycles. The first-order valence-corrected chi connectivity index (χ1v) is 6.99. The largest absolute Gasteiger partial charge is 0.478 e. The lowest BCUT2D eigenvalue weighted by Gasteiger charge is -2.12. The smallest absolute Gasteiger partial charge is 0.336 e. The van der Waals surface area contributed by atoms with E-state index in [9.17, 15) is 14.3 Å². The van der Waals surface area contributed by atoms with Crippen LogP contribution in [0.1, 0.15) is 16.7 Å². The van der Waals surface area contributed by atoms with Gasteiger partial charge < -0.3 is 5.11 Å². The number of halogens is 2. The third-order valence-corrected chi connectivity index (χ3v) is 3.67. The lowest BCUT2D eigenvalue weighted by molar-refractivity contribution is -0.130. The maximum Gasteiger partial charge on any atom is 0.336 e. The minimum atomic E-state index is -1.05. The maximum atomic E-state index is 14.1. The number of nitrogens with zero attached hydrogens (tertiary/aromatic N) is 1. The summed E-state index contributed by atoms with van der Waals surface area (Å²) in [5.41, 5.74) is 1.87. The Hall–Kier alpha value is -2.46. The van der Waals surface area contributed by atoms with E-state index in [0.717, 1.165) is 0 Å². The van der Waals surface area contributed by atoms with Crippen LogP contribution in [0.3, 0.4) is 0 Å². The standard InChI is InChI=1S/C17H11ClFNO2/c18-10-5-6-11-12(17(21)22)7-8-20-16(14(11)9-10)13-3-1-2-4-15(13)19/h1-7,9H,8H2,(H,21,22). The van der Waals surface area contributed by atoms with E-state index in [4.69, 9.17) is 11.6 Å². The number of aliphatic carboxylic acids is 1. The van der Waals surface area contributed by atoms with E-state index in [1.54, 1.807) is 36.4 Å². The molecule has 2 aromatic rings. The number of carbonyl (C=O) groups is 1. The fourth-order valence-electron chi connectivity index (χ4n) is 2.46. The number of benzene rings is 2. The summed E-state index contributed by atoms with van der Waals surface area (Å²) in [5.74, 6) is -1.46. The van der Waals surface area contributed by atoms with Crippen LogP contribution < -0.4 is 0 Å². The molecule has 0 unspecified atom stereocenters. The molecule has 3 nitrogen and oxygen atoms in total. The van der Waals surface area contributed by atoms with E-state index in [-0.39, 0.29) is 12.1 Å². The zero-order valence-corrected chi connectivity index (χ0v) is 12.1. The molecule has 1 aliphatic rings. The molecule has 2 aromatic carbocycles. The molecule has 0 fully saturated rings. The van der Waals surface area contributed by atoms with Crippen LogP contribution in [0, 0.1) is 5.82 Å². The third-order valence-electron chi connectivity index (χ3n) is 3.43. The summed E-state index contributed by atoms with van der Waals surface area (Å²) in [5, 5.41) is 9.80. The highest BCUT2D eigenvalue weighted by Crippen LogP contribution is 2.28. The van der Waals surface area contributed by atoms with Gasteiger partial charge in [0.1, 0.15) is 5.82 Å². The summed E-state index contributed by atoms with van der Waals surface area (Å²) in [7, 11) is 0. The van der Waals surface area contributed by atoms with Gasteiger partial charge in [-0.3, -0.25) is 4.99 Å². The van der Waals surface area contributed by atoms with Crippen LogP contribution in [-0.4, -0.2) is 23.3 Å². The Labute approximate surface area is 131 Å².